The largest absolute Gasteiger partial charge is 0.450 e. The molecule has 0 saturated carbocycles. The predicted molar refractivity (Wildman–Crippen MR) is 100 cm³/mol. The van der Waals surface area contributed by atoms with Crippen LogP contribution in [0.25, 0.3) is 0 Å². The van der Waals surface area contributed by atoms with Crippen LogP contribution in [0.5, 0.6) is 0 Å². The quantitative estimate of drug-likeness (QED) is 0.897. The van der Waals surface area contributed by atoms with Gasteiger partial charge in [-0.3, -0.25) is 9.69 Å². The van der Waals surface area contributed by atoms with Crippen molar-refractivity contribution in [3.63, 3.8) is 0 Å². The molecule has 0 spiro atoms. The van der Waals surface area contributed by atoms with Crippen LogP contribution in [-0.2, 0) is 4.74 Å². The number of ether oxygens (including phenoxy) is 1. The zero-order chi connectivity index (χ0) is 18.4. The Hall–Kier alpha value is -2.08. The van der Waals surface area contributed by atoms with Crippen LogP contribution in [0.1, 0.15) is 43.0 Å². The second kappa shape index (κ2) is 9.03. The number of nitrogens with zero attached hydrogens (tertiary/aromatic N) is 2. The van der Waals surface area contributed by atoms with E-state index in [0.717, 1.165) is 51.9 Å². The van der Waals surface area contributed by atoms with Crippen molar-refractivity contribution in [2.24, 2.45) is 0 Å². The van der Waals surface area contributed by atoms with Crippen molar-refractivity contribution in [2.75, 3.05) is 32.8 Å². The summed E-state index contributed by atoms with van der Waals surface area (Å²) in [6.45, 7) is 5.72. The lowest BCUT2D eigenvalue weighted by atomic mass is 9.98. The molecule has 2 aliphatic heterocycles. The Kier molecular flexibility index (Phi) is 6.50. The number of likely N-dealkylation sites (tertiary alicyclic amines) is 2. The van der Waals surface area contributed by atoms with Gasteiger partial charge in [0, 0.05) is 37.3 Å². The Morgan fingerprint density at radius 3 is 2.54 bits per heavy atom. The average molecular weight is 359 g/mol. The molecule has 0 aliphatic carbocycles. The molecule has 6 nitrogen and oxygen atoms in total. The number of hydrogen-bond donors (Lipinski definition) is 1. The molecule has 6 heteroatoms. The molecule has 2 fully saturated rings. The Balaban J connectivity index is 1.48. The number of amides is 2. The van der Waals surface area contributed by atoms with E-state index >= 15 is 0 Å². The summed E-state index contributed by atoms with van der Waals surface area (Å²) in [5, 5.41) is 3.18. The number of piperidine rings is 2. The van der Waals surface area contributed by atoms with Crippen LogP contribution >= 0.6 is 0 Å². The van der Waals surface area contributed by atoms with E-state index in [1.807, 2.05) is 37.3 Å². The summed E-state index contributed by atoms with van der Waals surface area (Å²) in [5.41, 5.74) is 0.715. The minimum atomic E-state index is -0.197. The first kappa shape index (κ1) is 18.7. The lowest BCUT2D eigenvalue weighted by Crippen LogP contribution is -2.54. The Morgan fingerprint density at radius 2 is 1.85 bits per heavy atom. The summed E-state index contributed by atoms with van der Waals surface area (Å²) in [6, 6.07) is 10.1. The van der Waals surface area contributed by atoms with Crippen molar-refractivity contribution in [3.8, 4) is 0 Å². The molecule has 1 N–H and O–H groups in total. The molecule has 2 heterocycles. The standard InChI is InChI=1S/C20H29N3O3/c1-2-26-20(25)22-13-10-18(11-14-22)23-12-6-9-17(15-23)21-19(24)16-7-4-3-5-8-16/h3-5,7-8,17-18H,2,6,9-15H2,1H3,(H,21,24)/t17-/m1/s1. The normalized spacial score (nSPS) is 22.0. The van der Waals surface area contributed by atoms with Crippen molar-refractivity contribution in [3.05, 3.63) is 35.9 Å². The SMILES string of the molecule is CCOC(=O)N1CCC(N2CCC[C@@H](NC(=O)c3ccccc3)C2)CC1. The van der Waals surface area contributed by atoms with Gasteiger partial charge in [-0.15, -0.1) is 0 Å². The summed E-state index contributed by atoms with van der Waals surface area (Å²) >= 11 is 0. The van der Waals surface area contributed by atoms with Crippen LogP contribution in [0.4, 0.5) is 4.79 Å². The lowest BCUT2D eigenvalue weighted by Gasteiger charge is -2.42. The molecule has 1 aromatic carbocycles. The van der Waals surface area contributed by atoms with E-state index in [0.29, 0.717) is 18.2 Å². The molecule has 142 valence electrons. The van der Waals surface area contributed by atoms with Crippen LogP contribution in [0.15, 0.2) is 30.3 Å². The first-order valence-electron chi connectivity index (χ1n) is 9.69. The van der Waals surface area contributed by atoms with Gasteiger partial charge < -0.3 is 15.0 Å². The maximum atomic E-state index is 12.4. The Bertz CT molecular complexity index is 600. The smallest absolute Gasteiger partial charge is 0.409 e. The predicted octanol–water partition coefficient (Wildman–Crippen LogP) is 2.50. The van der Waals surface area contributed by atoms with Crippen LogP contribution in [0.3, 0.4) is 0 Å². The minimum Gasteiger partial charge on any atom is -0.450 e. The molecule has 2 aliphatic rings. The van der Waals surface area contributed by atoms with Gasteiger partial charge in [-0.1, -0.05) is 18.2 Å². The zero-order valence-corrected chi connectivity index (χ0v) is 15.5. The first-order valence-corrected chi connectivity index (χ1v) is 9.69. The third-order valence-corrected chi connectivity index (χ3v) is 5.33. The summed E-state index contributed by atoms with van der Waals surface area (Å²) in [7, 11) is 0. The number of nitrogens with one attached hydrogen (secondary N) is 1. The average Bonchev–Trinajstić information content (AvgIpc) is 2.69. The highest BCUT2D eigenvalue weighted by molar-refractivity contribution is 5.94. The highest BCUT2D eigenvalue weighted by atomic mass is 16.6. The number of rotatable bonds is 4. The van der Waals surface area contributed by atoms with E-state index in [2.05, 4.69) is 10.2 Å². The van der Waals surface area contributed by atoms with Crippen molar-refractivity contribution >= 4 is 12.0 Å². The number of carbonyl (C=O) groups excluding carboxylic acids is 2. The summed E-state index contributed by atoms with van der Waals surface area (Å²) in [5.74, 6) is 0.00887. The van der Waals surface area contributed by atoms with E-state index in [-0.39, 0.29) is 18.0 Å². The molecule has 0 unspecified atom stereocenters. The zero-order valence-electron chi connectivity index (χ0n) is 15.5. The summed E-state index contributed by atoms with van der Waals surface area (Å²) in [6.07, 6.45) is 3.86. The highest BCUT2D eigenvalue weighted by Crippen LogP contribution is 2.21. The molecular weight excluding hydrogens is 330 g/mol. The number of carbonyl (C=O) groups is 2. The molecule has 0 aromatic heterocycles. The topological polar surface area (TPSA) is 61.9 Å². The van der Waals surface area contributed by atoms with Gasteiger partial charge in [0.15, 0.2) is 0 Å². The van der Waals surface area contributed by atoms with Gasteiger partial charge in [0.1, 0.15) is 0 Å². The summed E-state index contributed by atoms with van der Waals surface area (Å²) in [4.78, 5) is 28.5. The number of benzene rings is 1. The van der Waals surface area contributed by atoms with Gasteiger partial charge in [0.2, 0.25) is 0 Å². The maximum Gasteiger partial charge on any atom is 0.409 e. The third-order valence-electron chi connectivity index (χ3n) is 5.33. The molecule has 2 saturated heterocycles. The molecule has 0 radical (unpaired) electrons. The molecule has 3 rings (SSSR count). The van der Waals surface area contributed by atoms with E-state index in [9.17, 15) is 9.59 Å². The fraction of sp³-hybridized carbons (Fsp3) is 0.600. The Morgan fingerprint density at radius 1 is 1.12 bits per heavy atom. The number of hydrogen-bond acceptors (Lipinski definition) is 4. The fourth-order valence-corrected chi connectivity index (χ4v) is 3.94. The van der Waals surface area contributed by atoms with E-state index in [1.54, 1.807) is 4.90 Å². The van der Waals surface area contributed by atoms with Gasteiger partial charge in [-0.05, 0) is 51.3 Å². The van der Waals surface area contributed by atoms with Crippen LogP contribution in [0.2, 0.25) is 0 Å². The van der Waals surface area contributed by atoms with E-state index < -0.39 is 0 Å². The van der Waals surface area contributed by atoms with Crippen LogP contribution in [-0.4, -0.2) is 66.7 Å². The van der Waals surface area contributed by atoms with Crippen molar-refractivity contribution in [1.29, 1.82) is 0 Å². The molecule has 1 atom stereocenters. The van der Waals surface area contributed by atoms with Crippen LogP contribution < -0.4 is 5.32 Å². The van der Waals surface area contributed by atoms with Gasteiger partial charge in [0.25, 0.3) is 5.91 Å². The van der Waals surface area contributed by atoms with Crippen molar-refractivity contribution in [1.82, 2.24) is 15.1 Å². The second-order valence-corrected chi connectivity index (χ2v) is 7.09. The van der Waals surface area contributed by atoms with E-state index in [1.165, 1.54) is 0 Å². The highest BCUT2D eigenvalue weighted by Gasteiger charge is 2.31. The molecule has 0 bridgehead atoms. The van der Waals surface area contributed by atoms with Crippen molar-refractivity contribution in [2.45, 2.75) is 44.7 Å². The van der Waals surface area contributed by atoms with Gasteiger partial charge in [0.05, 0.1) is 6.61 Å². The monoisotopic (exact) mass is 359 g/mol. The molecular formula is C20H29N3O3. The van der Waals surface area contributed by atoms with Crippen molar-refractivity contribution < 1.29 is 14.3 Å². The first-order chi connectivity index (χ1) is 12.7. The third kappa shape index (κ3) is 4.75. The Labute approximate surface area is 155 Å². The van der Waals surface area contributed by atoms with Gasteiger partial charge in [-0.2, -0.15) is 0 Å². The fourth-order valence-electron chi connectivity index (χ4n) is 3.94. The van der Waals surface area contributed by atoms with E-state index in [4.69, 9.17) is 4.74 Å². The minimum absolute atomic E-state index is 0.00887. The molecule has 26 heavy (non-hydrogen) atoms. The lowest BCUT2D eigenvalue weighted by molar-refractivity contribution is 0.0601. The maximum absolute atomic E-state index is 12.4. The van der Waals surface area contributed by atoms with Crippen LogP contribution in [0, 0.1) is 0 Å². The van der Waals surface area contributed by atoms with Gasteiger partial charge >= 0.3 is 6.09 Å². The molecule has 2 amide bonds. The molecule has 1 aromatic rings. The second-order valence-electron chi connectivity index (χ2n) is 7.09. The van der Waals surface area contributed by atoms with Gasteiger partial charge in [-0.25, -0.2) is 4.79 Å². The summed E-state index contributed by atoms with van der Waals surface area (Å²) < 4.78 is 5.09.